The van der Waals surface area contributed by atoms with Crippen molar-refractivity contribution in [2.45, 2.75) is 18.9 Å². The van der Waals surface area contributed by atoms with Crippen LogP contribution in [0.2, 0.25) is 0 Å². The van der Waals surface area contributed by atoms with Crippen LogP contribution in [-0.4, -0.2) is 60.0 Å². The van der Waals surface area contributed by atoms with Gasteiger partial charge < -0.3 is 29.7 Å². The van der Waals surface area contributed by atoms with E-state index < -0.39 is 0 Å². The normalized spacial score (nSPS) is 16.3. The number of nitrogens with zero attached hydrogens (tertiary/aromatic N) is 2. The third kappa shape index (κ3) is 5.09. The van der Waals surface area contributed by atoms with Gasteiger partial charge in [-0.15, -0.1) is 0 Å². The van der Waals surface area contributed by atoms with Crippen LogP contribution in [0.1, 0.15) is 12.0 Å². The Kier molecular flexibility index (Phi) is 7.65. The highest BCUT2D eigenvalue weighted by molar-refractivity contribution is 5.80. The molecule has 1 fully saturated rings. The molecule has 3 rings (SSSR count). The molecule has 0 radical (unpaired) electrons. The highest BCUT2D eigenvalue weighted by atomic mass is 16.5. The Balaban J connectivity index is 1.53. The summed E-state index contributed by atoms with van der Waals surface area (Å²) >= 11 is 0. The zero-order valence-corrected chi connectivity index (χ0v) is 18.3. The zero-order chi connectivity index (χ0) is 21.3. The molecule has 0 bridgehead atoms. The largest absolute Gasteiger partial charge is 0.493 e. The standard InChI is InChI=1S/C23H32N4O3/c1-24-23(26-18-13-15-27(16-18)19-8-6-5-7-9-19)25-14-12-17-10-11-20(28-2)22(30-4)21(17)29-3/h5-11,18H,12-16H2,1-4H3,(H2,24,25,26). The molecule has 2 aromatic rings. The number of ether oxygens (including phenoxy) is 3. The molecule has 7 nitrogen and oxygen atoms in total. The van der Waals surface area contributed by atoms with Crippen LogP contribution in [0.5, 0.6) is 17.2 Å². The smallest absolute Gasteiger partial charge is 0.203 e. The second-order valence-electron chi connectivity index (χ2n) is 7.15. The monoisotopic (exact) mass is 412 g/mol. The number of rotatable bonds is 8. The van der Waals surface area contributed by atoms with Crippen LogP contribution >= 0.6 is 0 Å². The van der Waals surface area contributed by atoms with Gasteiger partial charge in [0.25, 0.3) is 0 Å². The van der Waals surface area contributed by atoms with Gasteiger partial charge in [0, 0.05) is 44.0 Å². The average molecular weight is 413 g/mol. The lowest BCUT2D eigenvalue weighted by atomic mass is 10.1. The predicted molar refractivity (Wildman–Crippen MR) is 121 cm³/mol. The quantitative estimate of drug-likeness (QED) is 0.513. The fourth-order valence-corrected chi connectivity index (χ4v) is 3.82. The van der Waals surface area contributed by atoms with Crippen LogP contribution in [0.4, 0.5) is 5.69 Å². The maximum atomic E-state index is 5.57. The highest BCUT2D eigenvalue weighted by Crippen LogP contribution is 2.39. The third-order valence-corrected chi connectivity index (χ3v) is 5.35. The van der Waals surface area contributed by atoms with Crippen LogP contribution in [0.15, 0.2) is 47.5 Å². The first-order valence-electron chi connectivity index (χ1n) is 10.2. The molecule has 7 heteroatoms. The van der Waals surface area contributed by atoms with E-state index in [-0.39, 0.29) is 0 Å². The second-order valence-corrected chi connectivity index (χ2v) is 7.15. The van der Waals surface area contributed by atoms with Gasteiger partial charge >= 0.3 is 0 Å². The van der Waals surface area contributed by atoms with E-state index in [1.807, 2.05) is 12.1 Å². The molecule has 0 aliphatic carbocycles. The van der Waals surface area contributed by atoms with Crippen molar-refractivity contribution in [1.82, 2.24) is 10.6 Å². The van der Waals surface area contributed by atoms with Crippen molar-refractivity contribution in [2.75, 3.05) is 52.9 Å². The third-order valence-electron chi connectivity index (χ3n) is 5.35. The molecule has 1 atom stereocenters. The zero-order valence-electron chi connectivity index (χ0n) is 18.3. The highest BCUT2D eigenvalue weighted by Gasteiger charge is 2.23. The minimum absolute atomic E-state index is 0.368. The summed E-state index contributed by atoms with van der Waals surface area (Å²) in [6.07, 6.45) is 1.85. The number of para-hydroxylation sites is 1. The van der Waals surface area contributed by atoms with Crippen molar-refractivity contribution >= 4 is 11.6 Å². The van der Waals surface area contributed by atoms with Crippen molar-refractivity contribution in [3.8, 4) is 17.2 Å². The first kappa shape index (κ1) is 21.6. The number of aliphatic imine (C=N–C) groups is 1. The van der Waals surface area contributed by atoms with E-state index in [9.17, 15) is 0 Å². The Labute approximate surface area is 179 Å². The summed E-state index contributed by atoms with van der Waals surface area (Å²) in [6, 6.07) is 14.8. The number of hydrogen-bond acceptors (Lipinski definition) is 5. The van der Waals surface area contributed by atoms with Crippen molar-refractivity contribution in [3.05, 3.63) is 48.0 Å². The summed E-state index contributed by atoms with van der Waals surface area (Å²) in [5, 5.41) is 6.95. The molecule has 30 heavy (non-hydrogen) atoms. The topological polar surface area (TPSA) is 67.4 Å². The summed E-state index contributed by atoms with van der Waals surface area (Å²) in [5.41, 5.74) is 2.32. The molecular weight excluding hydrogens is 380 g/mol. The molecule has 0 amide bonds. The van der Waals surface area contributed by atoms with Crippen LogP contribution in [0, 0.1) is 0 Å². The van der Waals surface area contributed by atoms with Gasteiger partial charge in [-0.2, -0.15) is 0 Å². The minimum Gasteiger partial charge on any atom is -0.493 e. The van der Waals surface area contributed by atoms with Gasteiger partial charge in [0.05, 0.1) is 21.3 Å². The number of anilines is 1. The number of guanidine groups is 1. The Morgan fingerprint density at radius 3 is 2.47 bits per heavy atom. The lowest BCUT2D eigenvalue weighted by Gasteiger charge is -2.20. The average Bonchev–Trinajstić information content (AvgIpc) is 3.26. The van der Waals surface area contributed by atoms with Gasteiger partial charge in [0.15, 0.2) is 17.5 Å². The maximum absolute atomic E-state index is 5.57. The number of nitrogens with one attached hydrogen (secondary N) is 2. The molecule has 0 saturated carbocycles. The summed E-state index contributed by atoms with van der Waals surface area (Å²) in [7, 11) is 6.69. The van der Waals surface area contributed by atoms with E-state index in [2.05, 4.69) is 50.9 Å². The van der Waals surface area contributed by atoms with Gasteiger partial charge in [-0.05, 0) is 31.0 Å². The van der Waals surface area contributed by atoms with Crippen molar-refractivity contribution in [1.29, 1.82) is 0 Å². The molecule has 2 aromatic carbocycles. The number of benzene rings is 2. The predicted octanol–water partition coefficient (Wildman–Crippen LogP) is 2.70. The Morgan fingerprint density at radius 2 is 1.80 bits per heavy atom. The SMILES string of the molecule is CN=C(NCCc1ccc(OC)c(OC)c1OC)NC1CCN(c2ccccc2)C1. The fourth-order valence-electron chi connectivity index (χ4n) is 3.82. The van der Waals surface area contributed by atoms with E-state index in [4.69, 9.17) is 14.2 Å². The molecule has 0 spiro atoms. The van der Waals surface area contributed by atoms with Crippen molar-refractivity contribution in [3.63, 3.8) is 0 Å². The van der Waals surface area contributed by atoms with Gasteiger partial charge in [0.1, 0.15) is 0 Å². The Bertz CT molecular complexity index is 842. The van der Waals surface area contributed by atoms with Crippen molar-refractivity contribution in [2.24, 2.45) is 4.99 Å². The maximum Gasteiger partial charge on any atom is 0.203 e. The fraction of sp³-hybridized carbons (Fsp3) is 0.435. The van der Waals surface area contributed by atoms with Crippen LogP contribution in [-0.2, 0) is 6.42 Å². The summed E-state index contributed by atoms with van der Waals surface area (Å²) < 4.78 is 16.4. The number of hydrogen-bond donors (Lipinski definition) is 2. The van der Waals surface area contributed by atoms with Crippen molar-refractivity contribution < 1.29 is 14.2 Å². The van der Waals surface area contributed by atoms with Gasteiger partial charge in [0.2, 0.25) is 5.75 Å². The minimum atomic E-state index is 0.368. The Morgan fingerprint density at radius 1 is 1.03 bits per heavy atom. The van der Waals surface area contributed by atoms with E-state index >= 15 is 0 Å². The van der Waals surface area contributed by atoms with Gasteiger partial charge in [-0.3, -0.25) is 4.99 Å². The summed E-state index contributed by atoms with van der Waals surface area (Å²) in [6.45, 7) is 2.73. The van der Waals surface area contributed by atoms with Crippen LogP contribution < -0.4 is 29.7 Å². The molecule has 2 N–H and O–H groups in total. The molecular formula is C23H32N4O3. The lowest BCUT2D eigenvalue weighted by molar-refractivity contribution is 0.322. The van der Waals surface area contributed by atoms with Crippen LogP contribution in [0.3, 0.4) is 0 Å². The molecule has 1 aliphatic rings. The molecule has 1 unspecified atom stereocenters. The molecule has 1 saturated heterocycles. The molecule has 162 valence electrons. The van der Waals surface area contributed by atoms with E-state index in [0.29, 0.717) is 23.3 Å². The summed E-state index contributed by atoms with van der Waals surface area (Å²) in [4.78, 5) is 6.79. The van der Waals surface area contributed by atoms with E-state index in [0.717, 1.165) is 44.0 Å². The van der Waals surface area contributed by atoms with Gasteiger partial charge in [-0.25, -0.2) is 0 Å². The molecule has 0 aromatic heterocycles. The van der Waals surface area contributed by atoms with E-state index in [1.54, 1.807) is 28.4 Å². The first-order valence-corrected chi connectivity index (χ1v) is 10.2. The van der Waals surface area contributed by atoms with Crippen LogP contribution in [0.25, 0.3) is 0 Å². The molecule has 1 aliphatic heterocycles. The molecule has 1 heterocycles. The summed E-state index contributed by atoms with van der Waals surface area (Å²) in [5.74, 6) is 2.80. The number of methoxy groups -OCH3 is 3. The Hall–Kier alpha value is -3.09. The first-order chi connectivity index (χ1) is 14.7. The second kappa shape index (κ2) is 10.6. The van der Waals surface area contributed by atoms with E-state index in [1.165, 1.54) is 5.69 Å². The van der Waals surface area contributed by atoms with Gasteiger partial charge in [-0.1, -0.05) is 24.3 Å². The lowest BCUT2D eigenvalue weighted by Crippen LogP contribution is -2.45.